The Kier molecular flexibility index (Phi) is 7.97. The van der Waals surface area contributed by atoms with E-state index >= 15 is 0 Å². The van der Waals surface area contributed by atoms with E-state index in [0.29, 0.717) is 0 Å². The minimum atomic E-state index is -0.949. The number of amides is 5. The van der Waals surface area contributed by atoms with E-state index in [9.17, 15) is 24.0 Å². The van der Waals surface area contributed by atoms with E-state index in [-0.39, 0.29) is 35.8 Å². The first-order valence-corrected chi connectivity index (χ1v) is 11.2. The number of anilines is 1. The van der Waals surface area contributed by atoms with Crippen LogP contribution in [0.3, 0.4) is 0 Å². The normalized spacial score (nSPS) is 17.9. The van der Waals surface area contributed by atoms with Gasteiger partial charge in [0, 0.05) is 32.1 Å². The van der Waals surface area contributed by atoms with Gasteiger partial charge in [0.2, 0.25) is 17.7 Å². The molecule has 0 saturated carbocycles. The first kappa shape index (κ1) is 23.4. The fourth-order valence-electron chi connectivity index (χ4n) is 4.04. The Balaban J connectivity index is 1.43. The van der Waals surface area contributed by atoms with Crippen LogP contribution < -0.4 is 16.0 Å². The lowest BCUT2D eigenvalue weighted by Gasteiger charge is -2.27. The number of carbonyl (C=O) groups excluding carboxylic acids is 5. The van der Waals surface area contributed by atoms with Crippen molar-refractivity contribution in [2.45, 2.75) is 64.3 Å². The molecule has 1 fully saturated rings. The molecular formula is C23H30N4O5. The molecule has 2 aliphatic rings. The fraction of sp³-hybridized carbons (Fsp3) is 0.522. The Morgan fingerprint density at radius 3 is 2.31 bits per heavy atom. The summed E-state index contributed by atoms with van der Waals surface area (Å²) in [4.78, 5) is 60.8. The fourth-order valence-corrected chi connectivity index (χ4v) is 4.04. The summed E-state index contributed by atoms with van der Waals surface area (Å²) in [6, 6.07) is 4.08. The molecule has 1 saturated heterocycles. The number of hydrogen-bond acceptors (Lipinski definition) is 6. The lowest BCUT2D eigenvalue weighted by atomic mass is 10.0. The van der Waals surface area contributed by atoms with Gasteiger partial charge in [0.05, 0.1) is 11.1 Å². The zero-order valence-electron chi connectivity index (χ0n) is 18.4. The largest absolute Gasteiger partial charge is 0.385 e. The van der Waals surface area contributed by atoms with Crippen LogP contribution in [0.1, 0.15) is 79.0 Å². The highest BCUT2D eigenvalue weighted by Gasteiger charge is 2.44. The van der Waals surface area contributed by atoms with Crippen LogP contribution in [0, 0.1) is 0 Å². The summed E-state index contributed by atoms with van der Waals surface area (Å²) in [5, 5.41) is 8.28. The molecule has 0 spiro atoms. The third-order valence-electron chi connectivity index (χ3n) is 5.75. The molecule has 0 bridgehead atoms. The minimum Gasteiger partial charge on any atom is -0.385 e. The quantitative estimate of drug-likeness (QED) is 0.356. The van der Waals surface area contributed by atoms with Crippen molar-refractivity contribution in [3.8, 4) is 0 Å². The molecule has 5 amide bonds. The molecule has 1 aromatic rings. The van der Waals surface area contributed by atoms with Crippen LogP contribution in [0.25, 0.3) is 0 Å². The predicted molar refractivity (Wildman–Crippen MR) is 118 cm³/mol. The summed E-state index contributed by atoms with van der Waals surface area (Å²) < 4.78 is 0. The minimum absolute atomic E-state index is 0.0115. The van der Waals surface area contributed by atoms with Crippen LogP contribution in [-0.2, 0) is 14.4 Å². The molecule has 9 heteroatoms. The first-order chi connectivity index (χ1) is 15.4. The van der Waals surface area contributed by atoms with Gasteiger partial charge in [-0.25, -0.2) is 0 Å². The van der Waals surface area contributed by atoms with Gasteiger partial charge in [0.25, 0.3) is 11.8 Å². The number of imide groups is 2. The van der Waals surface area contributed by atoms with Crippen LogP contribution >= 0.6 is 0 Å². The second-order valence-electron chi connectivity index (χ2n) is 8.24. The van der Waals surface area contributed by atoms with Crippen molar-refractivity contribution in [2.75, 3.05) is 18.4 Å². The Hall–Kier alpha value is -3.23. The van der Waals surface area contributed by atoms with Crippen LogP contribution in [-0.4, -0.2) is 53.6 Å². The van der Waals surface area contributed by atoms with Gasteiger partial charge in [0.15, 0.2) is 0 Å². The zero-order chi connectivity index (χ0) is 23.1. The lowest BCUT2D eigenvalue weighted by Crippen LogP contribution is -2.54. The topological polar surface area (TPSA) is 125 Å². The van der Waals surface area contributed by atoms with E-state index in [1.807, 2.05) is 0 Å². The summed E-state index contributed by atoms with van der Waals surface area (Å²) >= 11 is 0. The van der Waals surface area contributed by atoms with Gasteiger partial charge < -0.3 is 10.6 Å². The Bertz CT molecular complexity index is 914. The molecule has 0 radical (unpaired) electrons. The molecule has 0 aliphatic carbocycles. The summed E-state index contributed by atoms with van der Waals surface area (Å²) in [6.07, 6.45) is 6.66. The van der Waals surface area contributed by atoms with E-state index in [2.05, 4.69) is 16.0 Å². The monoisotopic (exact) mass is 442 g/mol. The standard InChI is InChI=1S/C23H30N4O5/c1-15(28)24-12-6-4-2-3-5-7-13-25-16-8-9-17-18(14-16)23(32)27(22(17)31)19-10-11-20(29)26-21(19)30/h8-9,14,19,25H,2-7,10-13H2,1H3,(H,24,28)(H,26,29,30). The maximum absolute atomic E-state index is 12.8. The van der Waals surface area contributed by atoms with Crippen LogP contribution in [0.2, 0.25) is 0 Å². The molecule has 0 aromatic heterocycles. The van der Waals surface area contributed by atoms with Crippen molar-refractivity contribution in [3.63, 3.8) is 0 Å². The molecule has 3 rings (SSSR count). The second-order valence-corrected chi connectivity index (χ2v) is 8.24. The first-order valence-electron chi connectivity index (χ1n) is 11.2. The molecular weight excluding hydrogens is 412 g/mol. The maximum atomic E-state index is 12.8. The smallest absolute Gasteiger partial charge is 0.262 e. The summed E-state index contributed by atoms with van der Waals surface area (Å²) in [7, 11) is 0. The van der Waals surface area contributed by atoms with E-state index < -0.39 is 23.8 Å². The molecule has 32 heavy (non-hydrogen) atoms. The highest BCUT2D eigenvalue weighted by Crippen LogP contribution is 2.29. The van der Waals surface area contributed by atoms with Crippen molar-refractivity contribution in [1.29, 1.82) is 0 Å². The average Bonchev–Trinajstić information content (AvgIpc) is 2.99. The van der Waals surface area contributed by atoms with Gasteiger partial charge in [-0.1, -0.05) is 25.7 Å². The number of carbonyl (C=O) groups is 5. The number of unbranched alkanes of at least 4 members (excludes halogenated alkanes) is 5. The number of benzene rings is 1. The molecule has 2 heterocycles. The van der Waals surface area contributed by atoms with Gasteiger partial charge in [-0.05, 0) is 37.5 Å². The van der Waals surface area contributed by atoms with Crippen molar-refractivity contribution >= 4 is 35.2 Å². The highest BCUT2D eigenvalue weighted by atomic mass is 16.2. The highest BCUT2D eigenvalue weighted by molar-refractivity contribution is 6.23. The Labute approximate surface area is 187 Å². The molecule has 1 aromatic carbocycles. The lowest BCUT2D eigenvalue weighted by molar-refractivity contribution is -0.136. The van der Waals surface area contributed by atoms with Crippen molar-refractivity contribution in [3.05, 3.63) is 29.3 Å². The molecule has 1 unspecified atom stereocenters. The Morgan fingerprint density at radius 1 is 0.969 bits per heavy atom. The molecule has 172 valence electrons. The number of rotatable bonds is 11. The third kappa shape index (κ3) is 5.72. The van der Waals surface area contributed by atoms with E-state index in [0.717, 1.165) is 62.2 Å². The molecule has 3 N–H and O–H groups in total. The number of nitrogens with zero attached hydrogens (tertiary/aromatic N) is 1. The molecule has 9 nitrogen and oxygen atoms in total. The SMILES string of the molecule is CC(=O)NCCCCCCCCNc1ccc2c(c1)C(=O)N(C1CCC(=O)NC1=O)C2=O. The average molecular weight is 443 g/mol. The van der Waals surface area contributed by atoms with E-state index in [1.54, 1.807) is 18.2 Å². The summed E-state index contributed by atoms with van der Waals surface area (Å²) in [6.45, 7) is 3.01. The van der Waals surface area contributed by atoms with Crippen LogP contribution in [0.15, 0.2) is 18.2 Å². The summed E-state index contributed by atoms with van der Waals surface area (Å²) in [5.41, 5.74) is 1.32. The van der Waals surface area contributed by atoms with E-state index in [1.165, 1.54) is 6.92 Å². The second kappa shape index (κ2) is 10.9. The van der Waals surface area contributed by atoms with Gasteiger partial charge in [-0.2, -0.15) is 0 Å². The van der Waals surface area contributed by atoms with Gasteiger partial charge in [0.1, 0.15) is 6.04 Å². The van der Waals surface area contributed by atoms with E-state index in [4.69, 9.17) is 0 Å². The van der Waals surface area contributed by atoms with Crippen LogP contribution in [0.4, 0.5) is 5.69 Å². The predicted octanol–water partition coefficient (Wildman–Crippen LogP) is 1.98. The Morgan fingerprint density at radius 2 is 1.62 bits per heavy atom. The van der Waals surface area contributed by atoms with Gasteiger partial charge >= 0.3 is 0 Å². The third-order valence-corrected chi connectivity index (χ3v) is 5.75. The molecule has 2 aliphatic heterocycles. The summed E-state index contributed by atoms with van der Waals surface area (Å²) in [5.74, 6) is -1.98. The van der Waals surface area contributed by atoms with Crippen LogP contribution in [0.5, 0.6) is 0 Å². The number of nitrogens with one attached hydrogen (secondary N) is 3. The number of fused-ring (bicyclic) bond motifs is 1. The van der Waals surface area contributed by atoms with Crippen molar-refractivity contribution in [2.24, 2.45) is 0 Å². The number of piperidine rings is 1. The molecule has 1 atom stereocenters. The van der Waals surface area contributed by atoms with Crippen molar-refractivity contribution in [1.82, 2.24) is 15.5 Å². The van der Waals surface area contributed by atoms with Gasteiger partial charge in [-0.15, -0.1) is 0 Å². The van der Waals surface area contributed by atoms with Gasteiger partial charge in [-0.3, -0.25) is 34.2 Å². The zero-order valence-corrected chi connectivity index (χ0v) is 18.4. The number of hydrogen-bond donors (Lipinski definition) is 3. The maximum Gasteiger partial charge on any atom is 0.262 e. The van der Waals surface area contributed by atoms with Crippen molar-refractivity contribution < 1.29 is 24.0 Å².